The maximum atomic E-state index is 6.76. The molecule has 0 aliphatic rings. The van der Waals surface area contributed by atoms with Gasteiger partial charge in [0.05, 0.1) is 10.4 Å². The smallest absolute Gasteiger partial charge is 0.148 e. The fourth-order valence-electron chi connectivity index (χ4n) is 0.335. The molecular formula is C4H3ClN2S. The average molecular weight is 147 g/mol. The van der Waals surface area contributed by atoms with Gasteiger partial charge in [-0.15, -0.1) is 11.3 Å². The van der Waals surface area contributed by atoms with Crippen molar-refractivity contribution in [1.82, 2.24) is 4.98 Å². The lowest BCUT2D eigenvalue weighted by molar-refractivity contribution is 1.41. The number of rotatable bonds is 1. The van der Waals surface area contributed by atoms with Gasteiger partial charge in [-0.1, -0.05) is 11.6 Å². The summed E-state index contributed by atoms with van der Waals surface area (Å²) in [5.74, 6) is 0. The number of hydrogen-bond acceptors (Lipinski definition) is 3. The molecule has 0 unspecified atom stereocenters. The molecule has 1 aromatic heterocycles. The molecule has 0 saturated heterocycles. The second-order valence-corrected chi connectivity index (χ2v) is 2.40. The van der Waals surface area contributed by atoms with Gasteiger partial charge in [-0.3, -0.25) is 0 Å². The Morgan fingerprint density at radius 1 is 1.88 bits per heavy atom. The largest absolute Gasteiger partial charge is 0.307 e. The van der Waals surface area contributed by atoms with E-state index in [1.165, 1.54) is 17.6 Å². The lowest BCUT2D eigenvalue weighted by atomic mass is 10.6. The first kappa shape index (κ1) is 5.72. The molecule has 0 bridgehead atoms. The van der Waals surface area contributed by atoms with Crippen LogP contribution in [0.3, 0.4) is 0 Å². The number of hydrogen-bond donors (Lipinski definition) is 1. The molecule has 8 heavy (non-hydrogen) atoms. The molecule has 1 N–H and O–H groups in total. The number of aromatic nitrogens is 1. The zero-order valence-electron chi connectivity index (χ0n) is 3.89. The quantitative estimate of drug-likeness (QED) is 0.603. The second kappa shape index (κ2) is 2.24. The topological polar surface area (TPSA) is 36.7 Å². The Morgan fingerprint density at radius 2 is 2.62 bits per heavy atom. The van der Waals surface area contributed by atoms with Crippen molar-refractivity contribution in [2.24, 2.45) is 0 Å². The molecule has 0 saturated carbocycles. The van der Waals surface area contributed by atoms with Crippen LogP contribution in [0, 0.1) is 5.41 Å². The fraction of sp³-hybridized carbons (Fsp3) is 0. The van der Waals surface area contributed by atoms with Crippen molar-refractivity contribution in [1.29, 1.82) is 5.41 Å². The number of thiazole rings is 1. The summed E-state index contributed by atoms with van der Waals surface area (Å²) in [6.07, 6.45) is 1.19. The Bertz CT molecular complexity index is 196. The van der Waals surface area contributed by atoms with Crippen molar-refractivity contribution in [3.05, 3.63) is 15.5 Å². The zero-order chi connectivity index (χ0) is 5.98. The van der Waals surface area contributed by atoms with E-state index in [2.05, 4.69) is 4.98 Å². The van der Waals surface area contributed by atoms with E-state index in [1.54, 1.807) is 5.51 Å². The van der Waals surface area contributed by atoms with E-state index < -0.39 is 0 Å². The summed E-state index contributed by atoms with van der Waals surface area (Å²) in [4.78, 5) is 4.43. The summed E-state index contributed by atoms with van der Waals surface area (Å²) < 4.78 is 0. The van der Waals surface area contributed by atoms with E-state index in [-0.39, 0.29) is 0 Å². The van der Waals surface area contributed by atoms with E-state index >= 15 is 0 Å². The highest BCUT2D eigenvalue weighted by Gasteiger charge is 1.95. The lowest BCUT2D eigenvalue weighted by Gasteiger charge is -1.76. The molecule has 0 aliphatic carbocycles. The molecule has 0 spiro atoms. The molecule has 0 radical (unpaired) electrons. The third-order valence-electron chi connectivity index (χ3n) is 0.680. The third kappa shape index (κ3) is 0.877. The lowest BCUT2D eigenvalue weighted by Crippen LogP contribution is -1.69. The van der Waals surface area contributed by atoms with E-state index in [1.807, 2.05) is 0 Å². The standard InChI is InChI=1S/C4H3ClN2S/c5-4-3(1-6)8-2-7-4/h1-2,6H. The molecule has 0 aliphatic heterocycles. The van der Waals surface area contributed by atoms with Crippen LogP contribution in [0.25, 0.3) is 0 Å². The highest BCUT2D eigenvalue weighted by Crippen LogP contribution is 2.14. The molecular weight excluding hydrogens is 144 g/mol. The predicted octanol–water partition coefficient (Wildman–Crippen LogP) is 1.79. The molecule has 1 rings (SSSR count). The van der Waals surface area contributed by atoms with Crippen molar-refractivity contribution in [3.8, 4) is 0 Å². The van der Waals surface area contributed by atoms with Crippen molar-refractivity contribution < 1.29 is 0 Å². The van der Waals surface area contributed by atoms with Gasteiger partial charge in [0.1, 0.15) is 5.15 Å². The Balaban J connectivity index is 3.09. The van der Waals surface area contributed by atoms with Gasteiger partial charge in [0, 0.05) is 6.21 Å². The molecule has 1 heterocycles. The number of nitrogens with zero attached hydrogens (tertiary/aromatic N) is 1. The van der Waals surface area contributed by atoms with Crippen LogP contribution in [0.15, 0.2) is 5.51 Å². The van der Waals surface area contributed by atoms with Crippen molar-refractivity contribution >= 4 is 29.2 Å². The van der Waals surface area contributed by atoms with Gasteiger partial charge in [0.2, 0.25) is 0 Å². The van der Waals surface area contributed by atoms with Crippen LogP contribution in [0.4, 0.5) is 0 Å². The van der Waals surface area contributed by atoms with Gasteiger partial charge in [0.15, 0.2) is 0 Å². The minimum Gasteiger partial charge on any atom is -0.307 e. The van der Waals surface area contributed by atoms with Gasteiger partial charge in [0.25, 0.3) is 0 Å². The molecule has 0 aromatic carbocycles. The van der Waals surface area contributed by atoms with Crippen LogP contribution < -0.4 is 0 Å². The first-order chi connectivity index (χ1) is 3.84. The Labute approximate surface area is 55.6 Å². The second-order valence-electron chi connectivity index (χ2n) is 1.15. The third-order valence-corrected chi connectivity index (χ3v) is 1.87. The zero-order valence-corrected chi connectivity index (χ0v) is 5.46. The van der Waals surface area contributed by atoms with Crippen molar-refractivity contribution in [2.75, 3.05) is 0 Å². The van der Waals surface area contributed by atoms with E-state index in [4.69, 9.17) is 17.0 Å². The number of nitrogens with one attached hydrogen (secondary N) is 1. The van der Waals surface area contributed by atoms with Gasteiger partial charge >= 0.3 is 0 Å². The van der Waals surface area contributed by atoms with E-state index in [9.17, 15) is 0 Å². The van der Waals surface area contributed by atoms with E-state index in [0.717, 1.165) is 0 Å². The van der Waals surface area contributed by atoms with Crippen LogP contribution in [0.1, 0.15) is 4.88 Å². The molecule has 42 valence electrons. The SMILES string of the molecule is N=Cc1scnc1Cl. The molecule has 0 amide bonds. The Morgan fingerprint density at radius 3 is 2.88 bits per heavy atom. The Kier molecular flexibility index (Phi) is 1.60. The summed E-state index contributed by atoms with van der Waals surface area (Å²) in [7, 11) is 0. The highest BCUT2D eigenvalue weighted by molar-refractivity contribution is 7.12. The van der Waals surface area contributed by atoms with Gasteiger partial charge < -0.3 is 5.41 Å². The molecule has 2 nitrogen and oxygen atoms in total. The summed E-state index contributed by atoms with van der Waals surface area (Å²) in [6.45, 7) is 0. The minimum absolute atomic E-state index is 0.421. The van der Waals surface area contributed by atoms with Crippen molar-refractivity contribution in [2.45, 2.75) is 0 Å². The van der Waals surface area contributed by atoms with Crippen LogP contribution in [0.2, 0.25) is 5.15 Å². The van der Waals surface area contributed by atoms with Gasteiger partial charge in [-0.05, 0) is 0 Å². The van der Waals surface area contributed by atoms with Crippen molar-refractivity contribution in [3.63, 3.8) is 0 Å². The van der Waals surface area contributed by atoms with Gasteiger partial charge in [-0.25, -0.2) is 4.98 Å². The summed E-state index contributed by atoms with van der Waals surface area (Å²) in [5.41, 5.74) is 1.61. The Hall–Kier alpha value is -0.410. The normalized spacial score (nSPS) is 9.12. The fourth-order valence-corrected chi connectivity index (χ4v) is 1.12. The first-order valence-electron chi connectivity index (χ1n) is 1.94. The highest BCUT2D eigenvalue weighted by atomic mass is 35.5. The van der Waals surface area contributed by atoms with E-state index in [0.29, 0.717) is 10.0 Å². The molecule has 4 heteroatoms. The number of halogens is 1. The maximum Gasteiger partial charge on any atom is 0.148 e. The predicted molar refractivity (Wildman–Crippen MR) is 35.0 cm³/mol. The van der Waals surface area contributed by atoms with Crippen LogP contribution in [-0.4, -0.2) is 11.2 Å². The minimum atomic E-state index is 0.421. The first-order valence-corrected chi connectivity index (χ1v) is 3.20. The van der Waals surface area contributed by atoms with Crippen LogP contribution in [-0.2, 0) is 0 Å². The maximum absolute atomic E-state index is 6.76. The van der Waals surface area contributed by atoms with Gasteiger partial charge in [-0.2, -0.15) is 0 Å². The monoisotopic (exact) mass is 146 g/mol. The van der Waals surface area contributed by atoms with Crippen LogP contribution >= 0.6 is 22.9 Å². The molecule has 0 fully saturated rings. The van der Waals surface area contributed by atoms with Crippen LogP contribution in [0.5, 0.6) is 0 Å². The molecule has 0 atom stereocenters. The molecule has 1 aromatic rings. The summed E-state index contributed by atoms with van der Waals surface area (Å²) in [6, 6.07) is 0. The summed E-state index contributed by atoms with van der Waals surface area (Å²) in [5, 5.41) is 7.18. The average Bonchev–Trinajstić information content (AvgIpc) is 2.14. The summed E-state index contributed by atoms with van der Waals surface area (Å²) >= 11 is 6.85.